The Balaban J connectivity index is -0.000000690. The van der Waals surface area contributed by atoms with E-state index in [1.807, 2.05) is 0 Å². The van der Waals surface area contributed by atoms with Gasteiger partial charge in [0.2, 0.25) is 0 Å². The molecule has 0 N–H and O–H groups in total. The number of halogens is 14. The van der Waals surface area contributed by atoms with Crippen molar-refractivity contribution < 1.29 is 72.4 Å². The van der Waals surface area contributed by atoms with Gasteiger partial charge in [-0.15, -0.1) is 19.8 Å². The van der Waals surface area contributed by atoms with Gasteiger partial charge < -0.3 is 42.8 Å². The van der Waals surface area contributed by atoms with E-state index in [0.717, 1.165) is 22.6 Å². The summed E-state index contributed by atoms with van der Waals surface area (Å²) in [6.07, 6.45) is -9.65. The smallest absolute Gasteiger partial charge is 0.854 e. The SMILES string of the molecule is FC(F)(F)C(F)(F)C(F)(F)C(F)(F)C(F)(F)C(F)(F)C[CH-]I.[O-]CCN(CC[O-])CC[O-].[Si+4]. The minimum Gasteiger partial charge on any atom is -0.854 e. The van der Waals surface area contributed by atoms with Crippen molar-refractivity contribution in [1.82, 2.24) is 4.90 Å². The maximum atomic E-state index is 12.9. The second kappa shape index (κ2) is 13.8. The van der Waals surface area contributed by atoms with Crippen LogP contribution in [0, 0.1) is 4.43 Å². The van der Waals surface area contributed by atoms with Crippen molar-refractivity contribution in [3.63, 3.8) is 0 Å². The van der Waals surface area contributed by atoms with Gasteiger partial charge in [-0.25, -0.2) is 8.78 Å². The van der Waals surface area contributed by atoms with Gasteiger partial charge in [-0.2, -0.15) is 48.3 Å². The van der Waals surface area contributed by atoms with Crippen LogP contribution in [-0.2, 0) is 0 Å². The maximum Gasteiger partial charge on any atom is 4.00 e. The monoisotopic (exact) mass is 647 g/mol. The van der Waals surface area contributed by atoms with Gasteiger partial charge in [-0.05, 0) is 19.6 Å². The Hall–Kier alpha value is -0.123. The molecule has 0 amide bonds. The molecule has 0 unspecified atom stereocenters. The first-order valence-corrected chi connectivity index (χ1v) is 9.25. The fourth-order valence-electron chi connectivity index (χ4n) is 1.75. The standard InChI is InChI=1S/C8H3F13I.C6H12NO3.Si/c9-3(10,1-2-22)4(11,12)5(13,14)6(15,16)7(17,18)8(19,20)21;8-4-1-7(2-5-9)3-6-10;/h2H,1H2;1-6H2;/q-1;-3;+4. The van der Waals surface area contributed by atoms with Crippen LogP contribution < -0.4 is 15.3 Å². The van der Waals surface area contributed by atoms with Crippen LogP contribution in [0.2, 0.25) is 0 Å². The van der Waals surface area contributed by atoms with Crippen molar-refractivity contribution >= 4 is 33.6 Å². The molecule has 0 atom stereocenters. The minimum absolute atomic E-state index is 0. The van der Waals surface area contributed by atoms with E-state index in [1.54, 1.807) is 4.90 Å². The predicted molar refractivity (Wildman–Crippen MR) is 90.5 cm³/mol. The molecule has 0 heterocycles. The second-order valence-corrected chi connectivity index (χ2v) is 6.69. The molecule has 0 aliphatic carbocycles. The van der Waals surface area contributed by atoms with Crippen molar-refractivity contribution in [3.05, 3.63) is 4.43 Å². The van der Waals surface area contributed by atoms with E-state index < -0.39 is 42.2 Å². The molecule has 0 aromatic heterocycles. The van der Waals surface area contributed by atoms with Gasteiger partial charge in [0.05, 0.1) is 0 Å². The zero-order valence-corrected chi connectivity index (χ0v) is 19.1. The molecule has 4 nitrogen and oxygen atoms in total. The van der Waals surface area contributed by atoms with Crippen molar-refractivity contribution in [1.29, 1.82) is 0 Å². The molecule has 0 bridgehead atoms. The molecule has 0 spiro atoms. The van der Waals surface area contributed by atoms with E-state index in [-0.39, 0.29) is 35.2 Å². The van der Waals surface area contributed by atoms with Crippen molar-refractivity contribution in [2.75, 3.05) is 39.5 Å². The van der Waals surface area contributed by atoms with Crippen LogP contribution >= 0.6 is 22.6 Å². The summed E-state index contributed by atoms with van der Waals surface area (Å²) in [6.45, 7) is 0.263. The number of hydrogen-bond acceptors (Lipinski definition) is 4. The first-order valence-electron chi connectivity index (χ1n) is 8.00. The summed E-state index contributed by atoms with van der Waals surface area (Å²) in [5.41, 5.74) is 0. The van der Waals surface area contributed by atoms with Gasteiger partial charge >= 0.3 is 40.8 Å². The van der Waals surface area contributed by atoms with E-state index in [2.05, 4.69) is 0 Å². The summed E-state index contributed by atoms with van der Waals surface area (Å²) in [5.74, 6) is -36.4. The summed E-state index contributed by atoms with van der Waals surface area (Å²) in [6, 6.07) is 0. The van der Waals surface area contributed by atoms with Crippen molar-refractivity contribution in [3.8, 4) is 0 Å². The third-order valence-electron chi connectivity index (χ3n) is 3.55. The zero-order valence-electron chi connectivity index (χ0n) is 16.0. The quantitative estimate of drug-likeness (QED) is 0.140. The molecule has 0 saturated heterocycles. The van der Waals surface area contributed by atoms with Crippen LogP contribution in [0.25, 0.3) is 0 Å². The molecule has 196 valence electrons. The van der Waals surface area contributed by atoms with Gasteiger partial charge in [0.25, 0.3) is 5.92 Å². The van der Waals surface area contributed by atoms with Gasteiger partial charge in [0, 0.05) is 0 Å². The number of alkyl halides is 13. The van der Waals surface area contributed by atoms with Gasteiger partial charge in [0.1, 0.15) is 0 Å². The summed E-state index contributed by atoms with van der Waals surface area (Å²) < 4.78 is 162. The van der Waals surface area contributed by atoms with Crippen LogP contribution in [0.3, 0.4) is 0 Å². The Morgan fingerprint density at radius 3 is 1.12 bits per heavy atom. The molecule has 0 radical (unpaired) electrons. The third-order valence-corrected chi connectivity index (χ3v) is 3.99. The first-order chi connectivity index (χ1) is 14.2. The largest absolute Gasteiger partial charge is 4.00 e. The average Bonchev–Trinajstić information content (AvgIpc) is 2.61. The van der Waals surface area contributed by atoms with Gasteiger partial charge in [-0.3, -0.25) is 4.43 Å². The molecular formula is C14H15F13INO3Si. The summed E-state index contributed by atoms with van der Waals surface area (Å²) >= 11 is 0.832. The Kier molecular flexibility index (Phi) is 15.7. The Labute approximate surface area is 197 Å². The van der Waals surface area contributed by atoms with E-state index >= 15 is 0 Å². The Morgan fingerprint density at radius 2 is 0.879 bits per heavy atom. The molecule has 19 heteroatoms. The fourth-order valence-corrected chi connectivity index (χ4v) is 2.30. The average molecular weight is 647 g/mol. The molecule has 0 aliphatic heterocycles. The number of hydrogen-bond donors (Lipinski definition) is 0. The molecule has 0 aliphatic rings. The van der Waals surface area contributed by atoms with E-state index in [1.165, 1.54) is 0 Å². The van der Waals surface area contributed by atoms with Gasteiger partial charge in [-0.1, -0.05) is 6.42 Å². The molecule has 0 fully saturated rings. The summed E-state index contributed by atoms with van der Waals surface area (Å²) in [5, 5.41) is 30.1. The first kappa shape index (κ1) is 37.4. The molecule has 0 aromatic carbocycles. The number of rotatable bonds is 12. The van der Waals surface area contributed by atoms with Crippen molar-refractivity contribution in [2.24, 2.45) is 0 Å². The van der Waals surface area contributed by atoms with Crippen LogP contribution in [0.4, 0.5) is 57.1 Å². The van der Waals surface area contributed by atoms with Crippen LogP contribution in [0.1, 0.15) is 6.42 Å². The van der Waals surface area contributed by atoms with E-state index in [9.17, 15) is 72.4 Å². The number of nitrogens with zero attached hydrogens (tertiary/aromatic N) is 1. The Morgan fingerprint density at radius 1 is 0.576 bits per heavy atom. The molecule has 33 heavy (non-hydrogen) atoms. The predicted octanol–water partition coefficient (Wildman–Crippen LogP) is 1.70. The van der Waals surface area contributed by atoms with Crippen LogP contribution in [0.5, 0.6) is 0 Å². The topological polar surface area (TPSA) is 72.4 Å². The maximum absolute atomic E-state index is 12.9. The van der Waals surface area contributed by atoms with Crippen LogP contribution in [0.15, 0.2) is 0 Å². The summed E-state index contributed by atoms with van der Waals surface area (Å²) in [7, 11) is 0. The van der Waals surface area contributed by atoms with E-state index in [4.69, 9.17) is 0 Å². The zero-order chi connectivity index (χ0) is 26.2. The molecule has 0 saturated carbocycles. The van der Waals surface area contributed by atoms with E-state index in [0.29, 0.717) is 19.6 Å². The molecular weight excluding hydrogens is 632 g/mol. The normalized spacial score (nSPS) is 14.0. The fraction of sp³-hybridized carbons (Fsp3) is 0.929. The summed E-state index contributed by atoms with van der Waals surface area (Å²) in [4.78, 5) is 1.60. The second-order valence-electron chi connectivity index (χ2n) is 5.81. The third kappa shape index (κ3) is 8.49. The Bertz CT molecular complexity index is 539. The molecule has 0 rings (SSSR count). The minimum atomic E-state index is -7.82. The van der Waals surface area contributed by atoms with Gasteiger partial charge in [0.15, 0.2) is 0 Å². The van der Waals surface area contributed by atoms with Crippen LogP contribution in [-0.4, -0.2) is 91.1 Å². The van der Waals surface area contributed by atoms with Crippen molar-refractivity contribution in [2.45, 2.75) is 42.2 Å². The molecule has 0 aromatic rings.